The zero-order chi connectivity index (χ0) is 14.7. The number of anilines is 1. The van der Waals surface area contributed by atoms with Crippen LogP contribution in [0.4, 0.5) is 5.69 Å². The Labute approximate surface area is 125 Å². The summed E-state index contributed by atoms with van der Waals surface area (Å²) in [5.41, 5.74) is 3.66. The third-order valence-electron chi connectivity index (χ3n) is 3.99. The molecular weight excluding hydrogens is 260 g/mol. The molecule has 1 aliphatic rings. The van der Waals surface area contributed by atoms with Crippen LogP contribution < -0.4 is 10.2 Å². The standard InChI is InChI=1S/C18H20N2O/c1-14(15-7-3-2-4-8-15)19-18(21)13-20-12-11-16-9-5-6-10-17(16)20/h2-10,14H,11-13H2,1H3,(H,19,21)/t14-/m1/s1. The first kappa shape index (κ1) is 13.7. The zero-order valence-electron chi connectivity index (χ0n) is 12.3. The summed E-state index contributed by atoms with van der Waals surface area (Å²) in [4.78, 5) is 14.4. The number of benzene rings is 2. The molecule has 21 heavy (non-hydrogen) atoms. The van der Waals surface area contributed by atoms with Crippen LogP contribution in [0.3, 0.4) is 0 Å². The van der Waals surface area contributed by atoms with Crippen molar-refractivity contribution >= 4 is 11.6 Å². The van der Waals surface area contributed by atoms with Gasteiger partial charge in [0.15, 0.2) is 0 Å². The number of carbonyl (C=O) groups excluding carboxylic acids is 1. The van der Waals surface area contributed by atoms with Crippen molar-refractivity contribution < 1.29 is 4.79 Å². The first-order chi connectivity index (χ1) is 10.2. The molecule has 0 saturated carbocycles. The van der Waals surface area contributed by atoms with Crippen molar-refractivity contribution in [1.29, 1.82) is 0 Å². The minimum atomic E-state index is 0.0385. The summed E-state index contributed by atoms with van der Waals surface area (Å²) in [5, 5.41) is 3.07. The van der Waals surface area contributed by atoms with Gasteiger partial charge in [-0.25, -0.2) is 0 Å². The Morgan fingerprint density at radius 3 is 2.67 bits per heavy atom. The van der Waals surface area contributed by atoms with Gasteiger partial charge in [0.05, 0.1) is 12.6 Å². The number of para-hydroxylation sites is 1. The fourth-order valence-electron chi connectivity index (χ4n) is 2.86. The van der Waals surface area contributed by atoms with E-state index in [9.17, 15) is 4.79 Å². The van der Waals surface area contributed by atoms with Crippen molar-refractivity contribution in [2.24, 2.45) is 0 Å². The highest BCUT2D eigenvalue weighted by Gasteiger charge is 2.21. The summed E-state index contributed by atoms with van der Waals surface area (Å²) < 4.78 is 0. The number of hydrogen-bond acceptors (Lipinski definition) is 2. The Hall–Kier alpha value is -2.29. The van der Waals surface area contributed by atoms with Gasteiger partial charge in [0.1, 0.15) is 0 Å². The van der Waals surface area contributed by atoms with Gasteiger partial charge in [-0.1, -0.05) is 48.5 Å². The normalized spacial score (nSPS) is 14.6. The van der Waals surface area contributed by atoms with Gasteiger partial charge in [0.25, 0.3) is 0 Å². The second kappa shape index (κ2) is 6.00. The molecule has 0 saturated heterocycles. The number of rotatable bonds is 4. The fraction of sp³-hybridized carbons (Fsp3) is 0.278. The van der Waals surface area contributed by atoms with E-state index in [2.05, 4.69) is 28.4 Å². The minimum Gasteiger partial charge on any atom is -0.362 e. The predicted molar refractivity (Wildman–Crippen MR) is 85.4 cm³/mol. The minimum absolute atomic E-state index is 0.0385. The van der Waals surface area contributed by atoms with E-state index in [0.29, 0.717) is 6.54 Å². The molecule has 1 heterocycles. The third kappa shape index (κ3) is 3.07. The summed E-state index contributed by atoms with van der Waals surface area (Å²) in [5.74, 6) is 0.0723. The van der Waals surface area contributed by atoms with Crippen molar-refractivity contribution in [3.05, 3.63) is 65.7 Å². The van der Waals surface area contributed by atoms with Crippen LogP contribution in [0, 0.1) is 0 Å². The first-order valence-corrected chi connectivity index (χ1v) is 7.41. The second-order valence-electron chi connectivity index (χ2n) is 5.50. The number of carbonyl (C=O) groups is 1. The van der Waals surface area contributed by atoms with Crippen LogP contribution in [0.25, 0.3) is 0 Å². The lowest BCUT2D eigenvalue weighted by molar-refractivity contribution is -0.120. The van der Waals surface area contributed by atoms with Crippen molar-refractivity contribution in [1.82, 2.24) is 5.32 Å². The second-order valence-corrected chi connectivity index (χ2v) is 5.50. The molecular formula is C18H20N2O. The zero-order valence-corrected chi connectivity index (χ0v) is 12.3. The van der Waals surface area contributed by atoms with E-state index >= 15 is 0 Å². The van der Waals surface area contributed by atoms with Crippen LogP contribution in [-0.4, -0.2) is 19.0 Å². The van der Waals surface area contributed by atoms with Crippen LogP contribution >= 0.6 is 0 Å². The molecule has 3 nitrogen and oxygen atoms in total. The molecule has 1 atom stereocenters. The van der Waals surface area contributed by atoms with Gasteiger partial charge in [-0.15, -0.1) is 0 Å². The number of amides is 1. The van der Waals surface area contributed by atoms with Gasteiger partial charge in [-0.05, 0) is 30.5 Å². The predicted octanol–water partition coefficient (Wildman–Crippen LogP) is 2.93. The highest BCUT2D eigenvalue weighted by atomic mass is 16.2. The highest BCUT2D eigenvalue weighted by Crippen LogP contribution is 2.26. The summed E-state index contributed by atoms with van der Waals surface area (Å²) in [6, 6.07) is 18.4. The Kier molecular flexibility index (Phi) is 3.91. The molecule has 0 aliphatic carbocycles. The number of fused-ring (bicyclic) bond motifs is 1. The van der Waals surface area contributed by atoms with E-state index in [1.54, 1.807) is 0 Å². The van der Waals surface area contributed by atoms with Crippen LogP contribution in [0.15, 0.2) is 54.6 Å². The lowest BCUT2D eigenvalue weighted by Crippen LogP contribution is -2.37. The summed E-state index contributed by atoms with van der Waals surface area (Å²) in [6.07, 6.45) is 1.03. The monoisotopic (exact) mass is 280 g/mol. The molecule has 3 rings (SSSR count). The Morgan fingerprint density at radius 2 is 1.86 bits per heavy atom. The van der Waals surface area contributed by atoms with Crippen molar-refractivity contribution in [3.8, 4) is 0 Å². The topological polar surface area (TPSA) is 32.3 Å². The molecule has 0 aromatic heterocycles. The van der Waals surface area contributed by atoms with Crippen LogP contribution in [0.1, 0.15) is 24.1 Å². The molecule has 0 fully saturated rings. The molecule has 108 valence electrons. The molecule has 2 aromatic carbocycles. The summed E-state index contributed by atoms with van der Waals surface area (Å²) >= 11 is 0. The maximum Gasteiger partial charge on any atom is 0.239 e. The SMILES string of the molecule is C[C@@H](NC(=O)CN1CCc2ccccc21)c1ccccc1. The number of hydrogen-bond donors (Lipinski definition) is 1. The maximum absolute atomic E-state index is 12.2. The molecule has 0 radical (unpaired) electrons. The average molecular weight is 280 g/mol. The van der Waals surface area contributed by atoms with Crippen molar-refractivity contribution in [2.45, 2.75) is 19.4 Å². The van der Waals surface area contributed by atoms with Gasteiger partial charge >= 0.3 is 0 Å². The number of nitrogens with zero attached hydrogens (tertiary/aromatic N) is 1. The Bertz CT molecular complexity index is 624. The quantitative estimate of drug-likeness (QED) is 0.934. The largest absolute Gasteiger partial charge is 0.362 e. The van der Waals surface area contributed by atoms with Gasteiger partial charge in [-0.2, -0.15) is 0 Å². The lowest BCUT2D eigenvalue weighted by atomic mass is 10.1. The molecule has 0 unspecified atom stereocenters. The molecule has 2 aromatic rings. The maximum atomic E-state index is 12.2. The molecule has 1 aliphatic heterocycles. The first-order valence-electron chi connectivity index (χ1n) is 7.41. The van der Waals surface area contributed by atoms with E-state index in [0.717, 1.165) is 18.5 Å². The summed E-state index contributed by atoms with van der Waals surface area (Å²) in [7, 11) is 0. The van der Waals surface area contributed by atoms with E-state index in [1.807, 2.05) is 43.3 Å². The molecule has 3 heteroatoms. The van der Waals surface area contributed by atoms with E-state index < -0.39 is 0 Å². The highest BCUT2D eigenvalue weighted by molar-refractivity contribution is 5.82. The van der Waals surface area contributed by atoms with Crippen LogP contribution in [-0.2, 0) is 11.2 Å². The lowest BCUT2D eigenvalue weighted by Gasteiger charge is -2.21. The summed E-state index contributed by atoms with van der Waals surface area (Å²) in [6.45, 7) is 3.37. The van der Waals surface area contributed by atoms with Gasteiger partial charge in [0, 0.05) is 12.2 Å². The van der Waals surface area contributed by atoms with E-state index in [1.165, 1.54) is 11.3 Å². The fourth-order valence-corrected chi connectivity index (χ4v) is 2.86. The van der Waals surface area contributed by atoms with E-state index in [4.69, 9.17) is 0 Å². The van der Waals surface area contributed by atoms with E-state index in [-0.39, 0.29) is 11.9 Å². The Morgan fingerprint density at radius 1 is 1.14 bits per heavy atom. The molecule has 1 amide bonds. The van der Waals surface area contributed by atoms with Gasteiger partial charge in [0.2, 0.25) is 5.91 Å². The molecule has 0 spiro atoms. The Balaban J connectivity index is 1.61. The third-order valence-corrected chi connectivity index (χ3v) is 3.99. The van der Waals surface area contributed by atoms with Crippen LogP contribution in [0.5, 0.6) is 0 Å². The van der Waals surface area contributed by atoms with Gasteiger partial charge in [-0.3, -0.25) is 4.79 Å². The van der Waals surface area contributed by atoms with Crippen molar-refractivity contribution in [2.75, 3.05) is 18.0 Å². The number of nitrogens with one attached hydrogen (secondary N) is 1. The van der Waals surface area contributed by atoms with Gasteiger partial charge < -0.3 is 10.2 Å². The molecule has 1 N–H and O–H groups in total. The van der Waals surface area contributed by atoms with Crippen LogP contribution in [0.2, 0.25) is 0 Å². The molecule has 0 bridgehead atoms. The van der Waals surface area contributed by atoms with Crippen molar-refractivity contribution in [3.63, 3.8) is 0 Å². The smallest absolute Gasteiger partial charge is 0.239 e. The average Bonchev–Trinajstić information content (AvgIpc) is 2.91.